The maximum Gasteiger partial charge on any atom is 0.199 e. The zero-order chi connectivity index (χ0) is 12.7. The molecule has 0 aliphatic rings. The molecule has 0 saturated carbocycles. The number of nitrogens with zero attached hydrogens (tertiary/aromatic N) is 2. The van der Waals surface area contributed by atoms with Crippen molar-refractivity contribution in [2.24, 2.45) is 0 Å². The van der Waals surface area contributed by atoms with Crippen LogP contribution < -0.4 is 0 Å². The molecule has 0 aliphatic carbocycles. The topological polar surface area (TPSA) is 33.6 Å². The summed E-state index contributed by atoms with van der Waals surface area (Å²) in [5.74, 6) is 0.869. The van der Waals surface area contributed by atoms with Crippen molar-refractivity contribution in [3.8, 4) is 5.69 Å². The SMILES string of the molecule is Cc1ccc(-n2c(C)n[nH]c2=S)c2ccccc12.F. The van der Waals surface area contributed by atoms with Crippen LogP contribution in [0.1, 0.15) is 11.4 Å². The lowest BCUT2D eigenvalue weighted by molar-refractivity contribution is 0.970. The minimum absolute atomic E-state index is 0. The Hall–Kier alpha value is -2.01. The Labute approximate surface area is 115 Å². The molecule has 0 spiro atoms. The number of H-pyrrole nitrogens is 1. The van der Waals surface area contributed by atoms with Gasteiger partial charge in [0.15, 0.2) is 4.77 Å². The van der Waals surface area contributed by atoms with Crippen LogP contribution in [0.15, 0.2) is 36.4 Å². The Morgan fingerprint density at radius 3 is 2.37 bits per heavy atom. The van der Waals surface area contributed by atoms with Crippen LogP contribution in [0.5, 0.6) is 0 Å². The van der Waals surface area contributed by atoms with Crippen molar-refractivity contribution >= 4 is 23.0 Å². The van der Waals surface area contributed by atoms with Crippen molar-refractivity contribution in [2.45, 2.75) is 13.8 Å². The van der Waals surface area contributed by atoms with Gasteiger partial charge in [-0.1, -0.05) is 30.3 Å². The Bertz CT molecular complexity index is 789. The van der Waals surface area contributed by atoms with E-state index in [-0.39, 0.29) is 4.70 Å². The standard InChI is InChI=1S/C14H13N3S.FH/c1-9-7-8-13(12-6-4-3-5-11(9)12)17-10(2)15-16-14(17)18;/h3-8H,1-2H3,(H,16,18);1H. The summed E-state index contributed by atoms with van der Waals surface area (Å²) in [5.41, 5.74) is 2.34. The number of benzene rings is 2. The number of fused-ring (bicyclic) bond motifs is 1. The number of hydrogen-bond donors (Lipinski definition) is 1. The Morgan fingerprint density at radius 1 is 1.05 bits per heavy atom. The second-order valence-corrected chi connectivity index (χ2v) is 4.75. The molecule has 0 aliphatic heterocycles. The van der Waals surface area contributed by atoms with E-state index in [2.05, 4.69) is 47.5 Å². The zero-order valence-electron chi connectivity index (χ0n) is 10.7. The molecule has 0 fully saturated rings. The van der Waals surface area contributed by atoms with Gasteiger partial charge in [-0.05, 0) is 43.1 Å². The van der Waals surface area contributed by atoms with Crippen LogP contribution in [0.2, 0.25) is 0 Å². The van der Waals surface area contributed by atoms with Gasteiger partial charge in [0.05, 0.1) is 5.69 Å². The van der Waals surface area contributed by atoms with E-state index in [4.69, 9.17) is 12.2 Å². The molecular weight excluding hydrogens is 261 g/mol. The maximum atomic E-state index is 5.30. The van der Waals surface area contributed by atoms with Gasteiger partial charge in [-0.3, -0.25) is 14.4 Å². The molecule has 2 aromatic carbocycles. The lowest BCUT2D eigenvalue weighted by Crippen LogP contribution is -1.98. The van der Waals surface area contributed by atoms with E-state index in [0.29, 0.717) is 4.77 Å². The number of hydrogen-bond acceptors (Lipinski definition) is 2. The first kappa shape index (κ1) is 13.4. The van der Waals surface area contributed by atoms with Crippen LogP contribution in [0, 0.1) is 18.6 Å². The zero-order valence-corrected chi connectivity index (χ0v) is 11.5. The summed E-state index contributed by atoms with van der Waals surface area (Å²) in [4.78, 5) is 0. The smallest absolute Gasteiger partial charge is 0.199 e. The first-order chi connectivity index (χ1) is 8.68. The number of halogens is 1. The molecule has 1 aromatic heterocycles. The van der Waals surface area contributed by atoms with Crippen LogP contribution in [0.4, 0.5) is 4.70 Å². The van der Waals surface area contributed by atoms with Crippen LogP contribution in [-0.2, 0) is 0 Å². The van der Waals surface area contributed by atoms with Crippen LogP contribution >= 0.6 is 12.2 Å². The molecule has 3 nitrogen and oxygen atoms in total. The molecule has 0 bridgehead atoms. The minimum Gasteiger partial charge on any atom is -0.272 e. The monoisotopic (exact) mass is 275 g/mol. The number of aryl methyl sites for hydroxylation is 2. The molecule has 98 valence electrons. The molecule has 19 heavy (non-hydrogen) atoms. The molecule has 3 aromatic rings. The van der Waals surface area contributed by atoms with Gasteiger partial charge < -0.3 is 0 Å². The molecule has 0 amide bonds. The molecule has 3 rings (SSSR count). The molecule has 0 atom stereocenters. The molecule has 1 heterocycles. The Morgan fingerprint density at radius 2 is 1.74 bits per heavy atom. The number of rotatable bonds is 1. The predicted molar refractivity (Wildman–Crippen MR) is 78.2 cm³/mol. The highest BCUT2D eigenvalue weighted by Crippen LogP contribution is 2.25. The maximum absolute atomic E-state index is 5.30. The Balaban J connectivity index is 0.00000133. The van der Waals surface area contributed by atoms with Crippen molar-refractivity contribution in [2.75, 3.05) is 0 Å². The molecule has 0 unspecified atom stereocenters. The first-order valence-electron chi connectivity index (χ1n) is 5.81. The Kier molecular flexibility index (Phi) is 3.48. The van der Waals surface area contributed by atoms with E-state index in [9.17, 15) is 0 Å². The van der Waals surface area contributed by atoms with E-state index >= 15 is 0 Å². The summed E-state index contributed by atoms with van der Waals surface area (Å²) in [5, 5.41) is 9.44. The van der Waals surface area contributed by atoms with Crippen molar-refractivity contribution in [3.63, 3.8) is 0 Å². The lowest BCUT2D eigenvalue weighted by atomic mass is 10.0. The summed E-state index contributed by atoms with van der Waals surface area (Å²) in [6.07, 6.45) is 0. The first-order valence-corrected chi connectivity index (χ1v) is 6.22. The van der Waals surface area contributed by atoms with E-state index in [1.807, 2.05) is 17.6 Å². The van der Waals surface area contributed by atoms with Gasteiger partial charge in [-0.25, -0.2) is 0 Å². The summed E-state index contributed by atoms with van der Waals surface area (Å²) in [6.45, 7) is 4.06. The van der Waals surface area contributed by atoms with Crippen molar-refractivity contribution < 1.29 is 4.70 Å². The third-order valence-electron chi connectivity index (χ3n) is 3.20. The fourth-order valence-corrected chi connectivity index (χ4v) is 2.56. The van der Waals surface area contributed by atoms with Gasteiger partial charge in [0.1, 0.15) is 5.82 Å². The van der Waals surface area contributed by atoms with Crippen LogP contribution in [0.25, 0.3) is 16.5 Å². The van der Waals surface area contributed by atoms with Crippen LogP contribution in [-0.4, -0.2) is 14.8 Å². The fraction of sp³-hybridized carbons (Fsp3) is 0.143. The number of aromatic amines is 1. The highest BCUT2D eigenvalue weighted by Gasteiger charge is 2.08. The van der Waals surface area contributed by atoms with E-state index in [1.54, 1.807) is 0 Å². The third-order valence-corrected chi connectivity index (χ3v) is 3.47. The van der Waals surface area contributed by atoms with Gasteiger partial charge in [0.25, 0.3) is 0 Å². The van der Waals surface area contributed by atoms with Gasteiger partial charge in [-0.15, -0.1) is 0 Å². The average Bonchev–Trinajstić information content (AvgIpc) is 2.71. The normalized spacial score (nSPS) is 10.4. The van der Waals surface area contributed by atoms with Gasteiger partial charge >= 0.3 is 0 Å². The largest absolute Gasteiger partial charge is 0.272 e. The second kappa shape index (κ2) is 4.93. The highest BCUT2D eigenvalue weighted by molar-refractivity contribution is 7.71. The van der Waals surface area contributed by atoms with Gasteiger partial charge in [-0.2, -0.15) is 5.10 Å². The summed E-state index contributed by atoms with van der Waals surface area (Å²) >= 11 is 5.30. The number of nitrogens with one attached hydrogen (secondary N) is 1. The third kappa shape index (κ3) is 2.06. The van der Waals surface area contributed by atoms with Gasteiger partial charge in [0.2, 0.25) is 0 Å². The summed E-state index contributed by atoms with van der Waals surface area (Å²) in [6, 6.07) is 12.6. The summed E-state index contributed by atoms with van der Waals surface area (Å²) < 4.78 is 2.60. The lowest BCUT2D eigenvalue weighted by Gasteiger charge is -2.10. The molecular formula is C14H14FN3S. The van der Waals surface area contributed by atoms with Gasteiger partial charge in [0, 0.05) is 5.39 Å². The van der Waals surface area contributed by atoms with E-state index in [0.717, 1.165) is 11.5 Å². The quantitative estimate of drug-likeness (QED) is 0.684. The van der Waals surface area contributed by atoms with E-state index < -0.39 is 0 Å². The molecule has 0 radical (unpaired) electrons. The predicted octanol–water partition coefficient (Wildman–Crippen LogP) is 3.85. The summed E-state index contributed by atoms with van der Waals surface area (Å²) in [7, 11) is 0. The van der Waals surface area contributed by atoms with Crippen LogP contribution in [0.3, 0.4) is 0 Å². The average molecular weight is 275 g/mol. The van der Waals surface area contributed by atoms with E-state index in [1.165, 1.54) is 16.3 Å². The van der Waals surface area contributed by atoms with Crippen molar-refractivity contribution in [1.82, 2.24) is 14.8 Å². The van der Waals surface area contributed by atoms with Crippen molar-refractivity contribution in [1.29, 1.82) is 0 Å². The fourth-order valence-electron chi connectivity index (χ4n) is 2.29. The molecule has 0 saturated heterocycles. The minimum atomic E-state index is 0. The highest BCUT2D eigenvalue weighted by atomic mass is 32.1. The molecule has 5 heteroatoms. The van der Waals surface area contributed by atoms with Crippen molar-refractivity contribution in [3.05, 3.63) is 52.6 Å². The second-order valence-electron chi connectivity index (χ2n) is 4.36. The number of aromatic nitrogens is 3. The molecule has 1 N–H and O–H groups in total.